The van der Waals surface area contributed by atoms with Gasteiger partial charge in [-0.3, -0.25) is 0 Å². The zero-order valence-electron chi connectivity index (χ0n) is 19.8. The molecule has 1 N–H and O–H groups in total. The first kappa shape index (κ1) is 25.2. The molecule has 0 amide bonds. The highest BCUT2D eigenvalue weighted by molar-refractivity contribution is 5.95. The fraction of sp³-hybridized carbons (Fsp3) is 0.345. The molecular formula is C29H32ClNO4. The van der Waals surface area contributed by atoms with Gasteiger partial charge in [-0.1, -0.05) is 54.6 Å². The number of likely N-dealkylation sites (tertiary alicyclic amines) is 1. The predicted molar refractivity (Wildman–Crippen MR) is 141 cm³/mol. The number of carbonyl (C=O) groups excluding carboxylic acids is 1. The van der Waals surface area contributed by atoms with Gasteiger partial charge in [0.05, 0.1) is 6.61 Å². The molecule has 2 fully saturated rings. The van der Waals surface area contributed by atoms with Crippen LogP contribution in [0.15, 0.2) is 72.3 Å². The number of β-amino-alcohol motifs (C(OH)–C–C–N with tert-alkyl or cyclic N) is 1. The lowest BCUT2D eigenvalue weighted by Gasteiger charge is -2.33. The van der Waals surface area contributed by atoms with E-state index in [4.69, 9.17) is 9.47 Å². The average molecular weight is 494 g/mol. The minimum absolute atomic E-state index is 0. The maximum Gasteiger partial charge on any atom is 0.334 e. The molecule has 6 heteroatoms. The van der Waals surface area contributed by atoms with E-state index in [2.05, 4.69) is 47.4 Å². The molecule has 5 nitrogen and oxygen atoms in total. The van der Waals surface area contributed by atoms with Gasteiger partial charge in [-0.15, -0.1) is 12.4 Å². The van der Waals surface area contributed by atoms with E-state index in [1.807, 2.05) is 30.3 Å². The van der Waals surface area contributed by atoms with Crippen molar-refractivity contribution < 1.29 is 19.4 Å². The monoisotopic (exact) mass is 493 g/mol. The molecule has 0 radical (unpaired) electrons. The lowest BCUT2D eigenvalue weighted by atomic mass is 9.88. The number of piperidine rings is 1. The van der Waals surface area contributed by atoms with Crippen LogP contribution in [0.3, 0.4) is 0 Å². The number of hydrogen-bond donors (Lipinski definition) is 1. The van der Waals surface area contributed by atoms with E-state index in [1.165, 1.54) is 16.3 Å². The number of aliphatic hydroxyl groups excluding tert-OH is 1. The first-order valence-corrected chi connectivity index (χ1v) is 12.1. The molecule has 0 saturated carbocycles. The third kappa shape index (κ3) is 6.43. The number of cyclic esters (lactones) is 1. The number of rotatable bonds is 7. The first-order valence-electron chi connectivity index (χ1n) is 12.1. The van der Waals surface area contributed by atoms with Gasteiger partial charge in [0.1, 0.15) is 18.5 Å². The molecular weight excluding hydrogens is 462 g/mol. The van der Waals surface area contributed by atoms with E-state index in [1.54, 1.807) is 0 Å². The van der Waals surface area contributed by atoms with Crippen molar-refractivity contribution in [2.75, 3.05) is 32.8 Å². The molecule has 0 spiro atoms. The summed E-state index contributed by atoms with van der Waals surface area (Å²) in [5, 5.41) is 13.1. The van der Waals surface area contributed by atoms with Gasteiger partial charge in [0.25, 0.3) is 0 Å². The Morgan fingerprint density at radius 2 is 1.83 bits per heavy atom. The van der Waals surface area contributed by atoms with Crippen molar-refractivity contribution >= 4 is 35.2 Å². The van der Waals surface area contributed by atoms with Crippen LogP contribution in [0.25, 0.3) is 16.8 Å². The predicted octanol–water partition coefficient (Wildman–Crippen LogP) is 5.21. The Bertz CT molecular complexity index is 1190. The number of fused-ring (bicyclic) bond motifs is 1. The SMILES string of the molecule is Cl.O=C1OCCC1=Cc1cccc(OC[C@@H](O)CN2CCC(c3ccc4ccccc4c3)CC2)c1. The summed E-state index contributed by atoms with van der Waals surface area (Å²) >= 11 is 0. The second kappa shape index (κ2) is 11.7. The molecule has 0 bridgehead atoms. The molecule has 184 valence electrons. The normalized spacial score (nSPS) is 18.9. The van der Waals surface area contributed by atoms with Gasteiger partial charge in [0.2, 0.25) is 0 Å². The second-order valence-electron chi connectivity index (χ2n) is 9.27. The highest BCUT2D eigenvalue weighted by Crippen LogP contribution is 2.30. The highest BCUT2D eigenvalue weighted by Gasteiger charge is 2.23. The van der Waals surface area contributed by atoms with Gasteiger partial charge >= 0.3 is 5.97 Å². The van der Waals surface area contributed by atoms with Crippen molar-refractivity contribution in [1.82, 2.24) is 4.90 Å². The molecule has 2 heterocycles. The van der Waals surface area contributed by atoms with Gasteiger partial charge in [0.15, 0.2) is 0 Å². The molecule has 3 aromatic rings. The van der Waals surface area contributed by atoms with Gasteiger partial charge < -0.3 is 19.5 Å². The van der Waals surface area contributed by atoms with Crippen LogP contribution in [0, 0.1) is 0 Å². The van der Waals surface area contributed by atoms with Gasteiger partial charge in [-0.25, -0.2) is 4.79 Å². The lowest BCUT2D eigenvalue weighted by molar-refractivity contribution is -0.134. The standard InChI is InChI=1S/C29H31NO4.ClH/c31-27(20-34-28-7-3-4-21(17-28)16-26-12-15-33-29(26)32)19-30-13-10-23(11-14-30)25-9-8-22-5-1-2-6-24(22)18-25;/h1-9,16-18,23,27,31H,10-15,19-20H2;1H/t27-;/m0./s1. The zero-order valence-corrected chi connectivity index (χ0v) is 20.6. The van der Waals surface area contributed by atoms with Crippen LogP contribution in [0.4, 0.5) is 0 Å². The van der Waals surface area contributed by atoms with Crippen molar-refractivity contribution in [2.24, 2.45) is 0 Å². The summed E-state index contributed by atoms with van der Waals surface area (Å²) in [6, 6.07) is 22.9. The number of carbonyl (C=O) groups is 1. The fourth-order valence-electron chi connectivity index (χ4n) is 4.93. The Morgan fingerprint density at radius 3 is 2.60 bits per heavy atom. The van der Waals surface area contributed by atoms with Crippen molar-refractivity contribution in [2.45, 2.75) is 31.3 Å². The number of nitrogens with zero attached hydrogens (tertiary/aromatic N) is 1. The maximum atomic E-state index is 11.7. The minimum atomic E-state index is -0.552. The minimum Gasteiger partial charge on any atom is -0.491 e. The molecule has 0 unspecified atom stereocenters. The van der Waals surface area contributed by atoms with Crippen LogP contribution < -0.4 is 4.74 Å². The van der Waals surface area contributed by atoms with Crippen LogP contribution in [0.1, 0.15) is 36.3 Å². The van der Waals surface area contributed by atoms with Crippen molar-refractivity contribution in [3.63, 3.8) is 0 Å². The van der Waals surface area contributed by atoms with Crippen LogP contribution in [0.2, 0.25) is 0 Å². The van der Waals surface area contributed by atoms with E-state index in [9.17, 15) is 9.90 Å². The Morgan fingerprint density at radius 1 is 1.03 bits per heavy atom. The largest absolute Gasteiger partial charge is 0.491 e. The van der Waals surface area contributed by atoms with Crippen molar-refractivity contribution in [3.05, 3.63) is 83.4 Å². The Kier molecular flexibility index (Phi) is 8.45. The number of halogens is 1. The molecule has 3 aromatic carbocycles. The molecule has 0 aliphatic carbocycles. The average Bonchev–Trinajstić information content (AvgIpc) is 3.27. The zero-order chi connectivity index (χ0) is 23.3. The summed E-state index contributed by atoms with van der Waals surface area (Å²) in [4.78, 5) is 14.0. The van der Waals surface area contributed by atoms with E-state index in [-0.39, 0.29) is 25.0 Å². The second-order valence-corrected chi connectivity index (χ2v) is 9.27. The van der Waals surface area contributed by atoms with E-state index < -0.39 is 6.10 Å². The van der Waals surface area contributed by atoms with E-state index >= 15 is 0 Å². The van der Waals surface area contributed by atoms with Crippen LogP contribution in [0.5, 0.6) is 5.75 Å². The van der Waals surface area contributed by atoms with Crippen LogP contribution in [-0.2, 0) is 9.53 Å². The summed E-state index contributed by atoms with van der Waals surface area (Å²) in [5.74, 6) is 1.02. The Balaban J connectivity index is 0.00000289. The number of ether oxygens (including phenoxy) is 2. The maximum absolute atomic E-state index is 11.7. The Labute approximate surface area is 212 Å². The number of hydrogen-bond acceptors (Lipinski definition) is 5. The van der Waals surface area contributed by atoms with E-state index in [0.29, 0.717) is 36.8 Å². The molecule has 1 atom stereocenters. The number of esters is 1. The third-order valence-corrected chi connectivity index (χ3v) is 6.81. The quantitative estimate of drug-likeness (QED) is 0.361. The topological polar surface area (TPSA) is 59.0 Å². The van der Waals surface area contributed by atoms with E-state index in [0.717, 1.165) is 31.5 Å². The van der Waals surface area contributed by atoms with Crippen LogP contribution in [-0.4, -0.2) is 54.9 Å². The van der Waals surface area contributed by atoms with Crippen LogP contribution >= 0.6 is 12.4 Å². The van der Waals surface area contributed by atoms with Gasteiger partial charge in [-0.2, -0.15) is 0 Å². The number of benzene rings is 3. The summed E-state index contributed by atoms with van der Waals surface area (Å²) in [7, 11) is 0. The lowest BCUT2D eigenvalue weighted by Crippen LogP contribution is -2.40. The van der Waals surface area contributed by atoms with Gasteiger partial charge in [-0.05, 0) is 72.0 Å². The van der Waals surface area contributed by atoms with Crippen molar-refractivity contribution in [3.8, 4) is 5.75 Å². The molecule has 5 rings (SSSR count). The summed E-state index contributed by atoms with van der Waals surface area (Å²) in [6.07, 6.45) is 4.14. The summed E-state index contributed by atoms with van der Waals surface area (Å²) < 4.78 is 10.8. The first-order chi connectivity index (χ1) is 16.6. The Hall–Kier alpha value is -2.86. The number of aliphatic hydroxyl groups is 1. The molecule has 2 aliphatic heterocycles. The molecule has 35 heavy (non-hydrogen) atoms. The van der Waals surface area contributed by atoms with Crippen molar-refractivity contribution in [1.29, 1.82) is 0 Å². The molecule has 0 aromatic heterocycles. The van der Waals surface area contributed by atoms with Gasteiger partial charge in [0, 0.05) is 18.5 Å². The summed E-state index contributed by atoms with van der Waals surface area (Å²) in [5.41, 5.74) is 3.00. The molecule has 2 saturated heterocycles. The summed E-state index contributed by atoms with van der Waals surface area (Å²) in [6.45, 7) is 3.26. The third-order valence-electron chi connectivity index (χ3n) is 6.81. The molecule has 2 aliphatic rings. The highest BCUT2D eigenvalue weighted by atomic mass is 35.5. The smallest absolute Gasteiger partial charge is 0.334 e. The fourth-order valence-corrected chi connectivity index (χ4v) is 4.93.